The predicted octanol–water partition coefficient (Wildman–Crippen LogP) is 5.07. The maximum atomic E-state index is 12.9. The number of amides is 2. The summed E-state index contributed by atoms with van der Waals surface area (Å²) in [7, 11) is 0. The van der Waals surface area contributed by atoms with Crippen LogP contribution in [-0.2, 0) is 4.79 Å². The molecule has 6 heteroatoms. The second kappa shape index (κ2) is 7.76. The minimum absolute atomic E-state index is 0.0627. The van der Waals surface area contributed by atoms with Crippen LogP contribution in [0.1, 0.15) is 38.2 Å². The van der Waals surface area contributed by atoms with Gasteiger partial charge in [-0.2, -0.15) is 0 Å². The normalized spacial score (nSPS) is 11.3. The molecule has 3 rings (SSSR count). The van der Waals surface area contributed by atoms with E-state index in [1.807, 2.05) is 45.9 Å². The molecule has 0 aliphatic heterocycles. The van der Waals surface area contributed by atoms with Gasteiger partial charge in [-0.3, -0.25) is 9.59 Å². The predicted molar refractivity (Wildman–Crippen MR) is 110 cm³/mol. The van der Waals surface area contributed by atoms with Crippen LogP contribution in [0.25, 0.3) is 11.0 Å². The second-order valence-electron chi connectivity index (χ2n) is 7.42. The van der Waals surface area contributed by atoms with E-state index in [-0.39, 0.29) is 11.7 Å². The number of fused-ring (bicyclic) bond motifs is 1. The van der Waals surface area contributed by atoms with Crippen LogP contribution in [0.2, 0.25) is 0 Å². The maximum absolute atomic E-state index is 12.9. The van der Waals surface area contributed by atoms with Crippen LogP contribution in [0, 0.1) is 5.41 Å². The first kappa shape index (κ1) is 19.5. The topological polar surface area (TPSA) is 80.6 Å². The molecule has 6 nitrogen and oxygen atoms in total. The maximum Gasteiger partial charge on any atom is 0.293 e. The van der Waals surface area contributed by atoms with Crippen molar-refractivity contribution in [3.63, 3.8) is 0 Å². The van der Waals surface area contributed by atoms with Crippen LogP contribution in [0.4, 0.5) is 11.4 Å². The van der Waals surface area contributed by atoms with Gasteiger partial charge in [0, 0.05) is 16.5 Å². The molecule has 0 unspecified atom stereocenters. The van der Waals surface area contributed by atoms with Gasteiger partial charge < -0.3 is 19.8 Å². The minimum Gasteiger partial charge on any atom is -0.494 e. The van der Waals surface area contributed by atoms with Crippen LogP contribution in [-0.4, -0.2) is 18.4 Å². The van der Waals surface area contributed by atoms with Gasteiger partial charge in [0.1, 0.15) is 17.0 Å². The monoisotopic (exact) mass is 380 g/mol. The number of anilines is 2. The quantitative estimate of drug-likeness (QED) is 0.648. The summed E-state index contributed by atoms with van der Waals surface area (Å²) in [5.41, 5.74) is 0.894. The summed E-state index contributed by atoms with van der Waals surface area (Å²) in [6.07, 6.45) is 0. The zero-order valence-corrected chi connectivity index (χ0v) is 16.5. The molecule has 0 aliphatic rings. The molecule has 0 saturated heterocycles. The summed E-state index contributed by atoms with van der Waals surface area (Å²) in [4.78, 5) is 25.4. The molecule has 2 N–H and O–H groups in total. The van der Waals surface area contributed by atoms with Crippen molar-refractivity contribution in [3.05, 3.63) is 54.3 Å². The fourth-order valence-electron chi connectivity index (χ4n) is 2.62. The van der Waals surface area contributed by atoms with Gasteiger partial charge in [0.25, 0.3) is 5.91 Å². The lowest BCUT2D eigenvalue weighted by Crippen LogP contribution is -2.28. The molecule has 0 spiro atoms. The molecule has 1 aromatic heterocycles. The van der Waals surface area contributed by atoms with Crippen molar-refractivity contribution in [3.8, 4) is 5.75 Å². The Hall–Kier alpha value is -3.28. The number of nitrogens with one attached hydrogen (secondary N) is 2. The van der Waals surface area contributed by atoms with Crippen LogP contribution in [0.15, 0.2) is 52.9 Å². The van der Waals surface area contributed by atoms with Crippen molar-refractivity contribution in [1.82, 2.24) is 0 Å². The van der Waals surface area contributed by atoms with Crippen molar-refractivity contribution < 1.29 is 18.7 Å². The summed E-state index contributed by atoms with van der Waals surface area (Å²) in [5.74, 6) is 0.147. The molecule has 28 heavy (non-hydrogen) atoms. The lowest BCUT2D eigenvalue weighted by atomic mass is 9.95. The summed E-state index contributed by atoms with van der Waals surface area (Å²) in [6.45, 7) is 7.91. The number of para-hydroxylation sites is 1. The highest BCUT2D eigenvalue weighted by Gasteiger charge is 2.27. The van der Waals surface area contributed by atoms with E-state index in [9.17, 15) is 9.59 Å². The Morgan fingerprint density at radius 2 is 1.68 bits per heavy atom. The van der Waals surface area contributed by atoms with Crippen LogP contribution in [0.5, 0.6) is 5.75 Å². The Balaban J connectivity index is 1.91. The number of benzene rings is 2. The van der Waals surface area contributed by atoms with Gasteiger partial charge in [-0.25, -0.2) is 0 Å². The molecular weight excluding hydrogens is 356 g/mol. The average Bonchev–Trinajstić information content (AvgIpc) is 3.01. The molecule has 2 amide bonds. The lowest BCUT2D eigenvalue weighted by Gasteiger charge is -2.17. The molecule has 0 radical (unpaired) electrons. The molecule has 0 saturated carbocycles. The summed E-state index contributed by atoms with van der Waals surface area (Å²) >= 11 is 0. The minimum atomic E-state index is -0.610. The van der Waals surface area contributed by atoms with Crippen LogP contribution in [0.3, 0.4) is 0 Å². The van der Waals surface area contributed by atoms with E-state index in [1.54, 1.807) is 30.3 Å². The molecule has 0 bridgehead atoms. The molecule has 3 aromatic rings. The fourth-order valence-corrected chi connectivity index (χ4v) is 2.62. The Morgan fingerprint density at radius 1 is 1.00 bits per heavy atom. The largest absolute Gasteiger partial charge is 0.494 e. The van der Waals surface area contributed by atoms with Crippen molar-refractivity contribution in [2.75, 3.05) is 17.2 Å². The fraction of sp³-hybridized carbons (Fsp3) is 0.273. The van der Waals surface area contributed by atoms with Crippen LogP contribution >= 0.6 is 0 Å². The lowest BCUT2D eigenvalue weighted by molar-refractivity contribution is -0.123. The number of rotatable bonds is 5. The Morgan fingerprint density at radius 3 is 2.32 bits per heavy atom. The van der Waals surface area contributed by atoms with Crippen molar-refractivity contribution in [1.29, 1.82) is 0 Å². The van der Waals surface area contributed by atoms with Gasteiger partial charge >= 0.3 is 0 Å². The van der Waals surface area contributed by atoms with Gasteiger partial charge in [0.15, 0.2) is 0 Å². The zero-order valence-electron chi connectivity index (χ0n) is 16.5. The molecular formula is C22H24N2O4. The summed E-state index contributed by atoms with van der Waals surface area (Å²) in [5, 5.41) is 6.33. The zero-order chi connectivity index (χ0) is 20.3. The van der Waals surface area contributed by atoms with Crippen molar-refractivity contribution >= 4 is 34.2 Å². The van der Waals surface area contributed by atoms with Gasteiger partial charge in [-0.1, -0.05) is 32.9 Å². The molecule has 1 heterocycles. The average molecular weight is 380 g/mol. The van der Waals surface area contributed by atoms with E-state index < -0.39 is 11.3 Å². The Kier molecular flexibility index (Phi) is 5.40. The van der Waals surface area contributed by atoms with Crippen molar-refractivity contribution in [2.24, 2.45) is 5.41 Å². The highest BCUT2D eigenvalue weighted by molar-refractivity contribution is 6.15. The van der Waals surface area contributed by atoms with E-state index in [0.29, 0.717) is 29.0 Å². The summed E-state index contributed by atoms with van der Waals surface area (Å²) < 4.78 is 11.2. The third kappa shape index (κ3) is 4.17. The first-order chi connectivity index (χ1) is 13.3. The Labute approximate surface area is 163 Å². The number of ether oxygens (including phenoxy) is 1. The molecule has 0 atom stereocenters. The van der Waals surface area contributed by atoms with Crippen LogP contribution < -0.4 is 15.4 Å². The van der Waals surface area contributed by atoms with E-state index in [4.69, 9.17) is 9.15 Å². The van der Waals surface area contributed by atoms with E-state index in [1.165, 1.54) is 0 Å². The van der Waals surface area contributed by atoms with E-state index in [0.717, 1.165) is 5.75 Å². The number of furan rings is 1. The second-order valence-corrected chi connectivity index (χ2v) is 7.42. The first-order valence-electron chi connectivity index (χ1n) is 9.17. The summed E-state index contributed by atoms with van der Waals surface area (Å²) in [6, 6.07) is 14.3. The Bertz CT molecular complexity index is 998. The van der Waals surface area contributed by atoms with Gasteiger partial charge in [-0.05, 0) is 43.3 Å². The van der Waals surface area contributed by atoms with E-state index in [2.05, 4.69) is 10.6 Å². The third-order valence-corrected chi connectivity index (χ3v) is 4.14. The number of carbonyl (C=O) groups excluding carboxylic acids is 2. The highest BCUT2D eigenvalue weighted by Crippen LogP contribution is 2.33. The van der Waals surface area contributed by atoms with Gasteiger partial charge in [0.2, 0.25) is 11.7 Å². The molecule has 2 aromatic carbocycles. The highest BCUT2D eigenvalue weighted by atomic mass is 16.5. The third-order valence-electron chi connectivity index (χ3n) is 4.14. The number of hydrogen-bond acceptors (Lipinski definition) is 4. The molecule has 0 aliphatic carbocycles. The molecule has 0 fully saturated rings. The number of carbonyl (C=O) groups is 2. The van der Waals surface area contributed by atoms with Crippen molar-refractivity contribution in [2.45, 2.75) is 27.7 Å². The standard InChI is InChI=1S/C22H24N2O4/c1-5-27-15-12-10-14(11-13-15)23-20(25)19-18(24-21(26)22(2,3)4)16-8-6-7-9-17(16)28-19/h6-13H,5H2,1-4H3,(H,23,25)(H,24,26). The van der Waals surface area contributed by atoms with Gasteiger partial charge in [-0.15, -0.1) is 0 Å². The van der Waals surface area contributed by atoms with E-state index >= 15 is 0 Å². The van der Waals surface area contributed by atoms with Gasteiger partial charge in [0.05, 0.1) is 6.61 Å². The smallest absolute Gasteiger partial charge is 0.293 e. The first-order valence-corrected chi connectivity index (χ1v) is 9.17. The molecule has 146 valence electrons. The SMILES string of the molecule is CCOc1ccc(NC(=O)c2oc3ccccc3c2NC(=O)C(C)(C)C)cc1. The number of hydrogen-bond donors (Lipinski definition) is 2.